The van der Waals surface area contributed by atoms with Crippen LogP contribution in [0.3, 0.4) is 0 Å². The van der Waals surface area contributed by atoms with Crippen LogP contribution in [0.4, 0.5) is 17.6 Å². The molecule has 3 atom stereocenters. The molecule has 3 N–H and O–H groups in total. The summed E-state index contributed by atoms with van der Waals surface area (Å²) >= 11 is 0. The maximum Gasteiger partial charge on any atom is 0.415 e. The summed E-state index contributed by atoms with van der Waals surface area (Å²) in [4.78, 5) is 30.7. The minimum atomic E-state index is -4.80. The van der Waals surface area contributed by atoms with E-state index in [2.05, 4.69) is 5.32 Å². The molecule has 3 aromatic rings. The van der Waals surface area contributed by atoms with Crippen LogP contribution in [0.1, 0.15) is 59.2 Å². The highest BCUT2D eigenvalue weighted by atomic mass is 19.4. The summed E-state index contributed by atoms with van der Waals surface area (Å²) in [5.41, 5.74) is 0.999. The molecule has 0 unspecified atom stereocenters. The van der Waals surface area contributed by atoms with Gasteiger partial charge in [0.1, 0.15) is 12.4 Å². The molecule has 0 saturated carbocycles. The van der Waals surface area contributed by atoms with Crippen LogP contribution in [0.5, 0.6) is 0 Å². The van der Waals surface area contributed by atoms with Crippen LogP contribution in [-0.2, 0) is 34.7 Å². The van der Waals surface area contributed by atoms with Gasteiger partial charge in [-0.05, 0) is 48.9 Å². The van der Waals surface area contributed by atoms with Gasteiger partial charge in [0.05, 0.1) is 29.0 Å². The minimum absolute atomic E-state index is 0.0354. The number of halogens is 4. The highest BCUT2D eigenvalue weighted by Crippen LogP contribution is 2.46. The van der Waals surface area contributed by atoms with E-state index < -0.39 is 47.8 Å². The van der Waals surface area contributed by atoms with E-state index in [0.717, 1.165) is 0 Å². The number of hydrogen-bond acceptors (Lipinski definition) is 7. The molecule has 3 aliphatic rings. The third kappa shape index (κ3) is 3.65. The molecule has 206 valence electrons. The molecule has 0 radical (unpaired) electrons. The number of cyclic esters (lactones) is 1. The SMILES string of the molecule is CC[C@@]1(O)C(=O)OCc2c1cc1n(c2=O)Cc2c-1nc1cc(F)c(C)c3c1c2[C@@H](NC[C@H](O)C(F)(F)F)CC3. The van der Waals surface area contributed by atoms with E-state index >= 15 is 0 Å². The lowest BCUT2D eigenvalue weighted by Crippen LogP contribution is -2.44. The first-order valence-electron chi connectivity index (χ1n) is 12.7. The Morgan fingerprint density at radius 3 is 2.69 bits per heavy atom. The first kappa shape index (κ1) is 25.9. The quantitative estimate of drug-likeness (QED) is 0.266. The topological polar surface area (TPSA) is 114 Å². The van der Waals surface area contributed by atoms with Crippen molar-refractivity contribution in [3.63, 3.8) is 0 Å². The number of fused-ring (bicyclic) bond motifs is 5. The number of aryl methyl sites for hydroxylation is 1. The molecule has 0 saturated heterocycles. The summed E-state index contributed by atoms with van der Waals surface area (Å²) < 4.78 is 60.6. The fraction of sp³-hybridized carbons (Fsp3) is 0.444. The maximum absolute atomic E-state index is 14.9. The van der Waals surface area contributed by atoms with Crippen molar-refractivity contribution >= 4 is 16.9 Å². The molecule has 0 spiro atoms. The summed E-state index contributed by atoms with van der Waals surface area (Å²) in [5, 5.41) is 24.2. The van der Waals surface area contributed by atoms with Crippen molar-refractivity contribution < 1.29 is 37.3 Å². The number of nitrogens with one attached hydrogen (secondary N) is 1. The lowest BCUT2D eigenvalue weighted by atomic mass is 9.81. The van der Waals surface area contributed by atoms with Gasteiger partial charge in [0.15, 0.2) is 11.7 Å². The van der Waals surface area contributed by atoms with Gasteiger partial charge in [0.2, 0.25) is 0 Å². The summed E-state index contributed by atoms with van der Waals surface area (Å²) in [7, 11) is 0. The van der Waals surface area contributed by atoms with Crippen LogP contribution in [-0.4, -0.2) is 44.6 Å². The molecule has 6 rings (SSSR count). The fourth-order valence-corrected chi connectivity index (χ4v) is 6.13. The molecule has 8 nitrogen and oxygen atoms in total. The van der Waals surface area contributed by atoms with Crippen molar-refractivity contribution in [3.8, 4) is 11.4 Å². The minimum Gasteiger partial charge on any atom is -0.458 e. The molecule has 4 heterocycles. The van der Waals surface area contributed by atoms with Crippen molar-refractivity contribution in [3.05, 3.63) is 61.7 Å². The Morgan fingerprint density at radius 2 is 2.00 bits per heavy atom. The highest BCUT2D eigenvalue weighted by Gasteiger charge is 2.46. The molecule has 0 bridgehead atoms. The number of carbonyl (C=O) groups excluding carboxylic acids is 1. The number of benzene rings is 1. The van der Waals surface area contributed by atoms with E-state index in [1.54, 1.807) is 13.8 Å². The number of aliphatic hydroxyl groups excluding tert-OH is 1. The molecule has 1 aliphatic carbocycles. The largest absolute Gasteiger partial charge is 0.458 e. The Bertz CT molecular complexity index is 1630. The Kier molecular flexibility index (Phi) is 5.69. The van der Waals surface area contributed by atoms with E-state index in [4.69, 9.17) is 9.72 Å². The number of ether oxygens (including phenoxy) is 1. The maximum atomic E-state index is 14.9. The molecule has 2 aliphatic heterocycles. The first-order valence-corrected chi connectivity index (χ1v) is 12.7. The zero-order chi connectivity index (χ0) is 28.0. The average Bonchev–Trinajstić information content (AvgIpc) is 3.26. The number of alkyl halides is 3. The number of hydrogen-bond donors (Lipinski definition) is 3. The molecule has 1 aromatic carbocycles. The monoisotopic (exact) mass is 547 g/mol. The van der Waals surface area contributed by atoms with E-state index in [1.807, 2.05) is 0 Å². The van der Waals surface area contributed by atoms with Gasteiger partial charge in [-0.3, -0.25) is 4.79 Å². The van der Waals surface area contributed by atoms with E-state index in [9.17, 15) is 37.4 Å². The second-order valence-electron chi connectivity index (χ2n) is 10.4. The lowest BCUT2D eigenvalue weighted by molar-refractivity contribution is -0.202. The lowest BCUT2D eigenvalue weighted by Gasteiger charge is -2.31. The number of nitrogens with zero attached hydrogens (tertiary/aromatic N) is 2. The van der Waals surface area contributed by atoms with Gasteiger partial charge in [-0.15, -0.1) is 0 Å². The van der Waals surface area contributed by atoms with Crippen LogP contribution in [0.2, 0.25) is 0 Å². The smallest absolute Gasteiger partial charge is 0.415 e. The second kappa shape index (κ2) is 8.57. The van der Waals surface area contributed by atoms with Crippen LogP contribution >= 0.6 is 0 Å². The Labute approximate surface area is 219 Å². The van der Waals surface area contributed by atoms with E-state index in [0.29, 0.717) is 51.9 Å². The summed E-state index contributed by atoms with van der Waals surface area (Å²) in [6.45, 7) is 2.22. The molecule has 2 aromatic heterocycles. The predicted molar refractivity (Wildman–Crippen MR) is 130 cm³/mol. The number of aliphatic hydroxyl groups is 2. The van der Waals surface area contributed by atoms with Crippen molar-refractivity contribution in [1.29, 1.82) is 0 Å². The van der Waals surface area contributed by atoms with E-state index in [1.165, 1.54) is 16.7 Å². The number of aromatic nitrogens is 2. The molecule has 0 fully saturated rings. The van der Waals surface area contributed by atoms with Crippen LogP contribution < -0.4 is 10.9 Å². The van der Waals surface area contributed by atoms with Crippen LogP contribution in [0.25, 0.3) is 22.3 Å². The fourth-order valence-electron chi connectivity index (χ4n) is 6.13. The van der Waals surface area contributed by atoms with Gasteiger partial charge in [-0.25, -0.2) is 14.2 Å². The molecular weight excluding hydrogens is 522 g/mol. The number of pyridine rings is 2. The van der Waals surface area contributed by atoms with Gasteiger partial charge in [0.25, 0.3) is 5.56 Å². The molecular formula is C27H25F4N3O5. The zero-order valence-corrected chi connectivity index (χ0v) is 21.1. The van der Waals surface area contributed by atoms with Crippen LogP contribution in [0.15, 0.2) is 16.9 Å². The van der Waals surface area contributed by atoms with Gasteiger partial charge in [0, 0.05) is 35.2 Å². The standard InChI is InChI=1S/C27H25F4N3O5/c1-3-26(38)15-6-19-23-13(9-34(19)24(36)14(15)10-39-25(26)37)22-17(32-8-20(35)27(29,30)31)5-4-12-11(2)16(28)7-18(33-23)21(12)22/h6-7,17,20,32,35,38H,3-5,8-10H2,1-2H3/t17-,20-,26-/m0/s1. The Hall–Kier alpha value is -3.35. The molecule has 39 heavy (non-hydrogen) atoms. The van der Waals surface area contributed by atoms with Gasteiger partial charge >= 0.3 is 12.1 Å². The Balaban J connectivity index is 1.58. The zero-order valence-electron chi connectivity index (χ0n) is 21.1. The summed E-state index contributed by atoms with van der Waals surface area (Å²) in [5.74, 6) is -1.34. The number of rotatable bonds is 4. The predicted octanol–water partition coefficient (Wildman–Crippen LogP) is 3.03. The normalized spacial score (nSPS) is 22.4. The van der Waals surface area contributed by atoms with Crippen molar-refractivity contribution in [2.24, 2.45) is 0 Å². The first-order chi connectivity index (χ1) is 18.4. The van der Waals surface area contributed by atoms with E-state index in [-0.39, 0.29) is 36.2 Å². The third-order valence-electron chi connectivity index (χ3n) is 8.31. The number of carbonyl (C=O) groups is 1. The van der Waals surface area contributed by atoms with Crippen molar-refractivity contribution in [2.75, 3.05) is 6.54 Å². The Morgan fingerprint density at radius 1 is 1.26 bits per heavy atom. The highest BCUT2D eigenvalue weighted by molar-refractivity contribution is 5.93. The van der Waals surface area contributed by atoms with Gasteiger partial charge in [-0.2, -0.15) is 13.2 Å². The molecule has 12 heteroatoms. The third-order valence-corrected chi connectivity index (χ3v) is 8.31. The second-order valence-corrected chi connectivity index (χ2v) is 10.4. The summed E-state index contributed by atoms with van der Waals surface area (Å²) in [6, 6.07) is 2.17. The average molecular weight is 548 g/mol. The number of esters is 1. The van der Waals surface area contributed by atoms with Crippen molar-refractivity contribution in [2.45, 2.75) is 70.2 Å². The molecule has 0 amide bonds. The van der Waals surface area contributed by atoms with Crippen molar-refractivity contribution in [1.82, 2.24) is 14.9 Å². The summed E-state index contributed by atoms with van der Waals surface area (Å²) in [6.07, 6.45) is -6.68. The van der Waals surface area contributed by atoms with Gasteiger partial charge in [-0.1, -0.05) is 6.92 Å². The van der Waals surface area contributed by atoms with Gasteiger partial charge < -0.3 is 24.8 Å². The van der Waals surface area contributed by atoms with Crippen LogP contribution in [0, 0.1) is 12.7 Å².